The summed E-state index contributed by atoms with van der Waals surface area (Å²) >= 11 is 3.49. The molecule has 0 saturated heterocycles. The van der Waals surface area contributed by atoms with Crippen LogP contribution in [-0.4, -0.2) is 23.3 Å². The van der Waals surface area contributed by atoms with Crippen molar-refractivity contribution in [1.82, 2.24) is 9.99 Å². The van der Waals surface area contributed by atoms with Gasteiger partial charge in [-0.3, -0.25) is 4.79 Å². The highest BCUT2D eigenvalue weighted by Gasteiger charge is 2.15. The van der Waals surface area contributed by atoms with E-state index in [0.29, 0.717) is 12.2 Å². The number of hydrogen-bond acceptors (Lipinski definition) is 4. The molecule has 0 radical (unpaired) electrons. The van der Waals surface area contributed by atoms with Crippen molar-refractivity contribution >= 4 is 49.9 Å². The number of hydrogen-bond donors (Lipinski definition) is 1. The molecule has 176 valence electrons. The highest BCUT2D eigenvalue weighted by atomic mass is 79.9. The van der Waals surface area contributed by atoms with Gasteiger partial charge in [0.15, 0.2) is 5.76 Å². The first-order valence-corrected chi connectivity index (χ1v) is 12.1. The summed E-state index contributed by atoms with van der Waals surface area (Å²) < 4.78 is 14.5. The Kier molecular flexibility index (Phi) is 6.42. The standard InChI is InChI=1S/C28H24BrN3O3/c1-3-34-22-12-13-26-20(14-22)15-27(35-26)28(33)31-30-16-24-18(2)32(25-7-5-4-6-23(24)25)17-19-8-10-21(29)11-9-19/h4-16H,3,17H2,1-2H3,(H,31,33)/b30-16+. The SMILES string of the molecule is CCOc1ccc2oc(C(=O)N/N=C/c3c(C)n(Cc4ccc(Br)cc4)c4ccccc34)cc2c1. The van der Waals surface area contributed by atoms with E-state index in [4.69, 9.17) is 9.15 Å². The summed E-state index contributed by atoms with van der Waals surface area (Å²) in [5.74, 6) is 0.521. The number of ether oxygens (including phenoxy) is 1. The number of carbonyl (C=O) groups is 1. The van der Waals surface area contributed by atoms with E-state index >= 15 is 0 Å². The van der Waals surface area contributed by atoms with Crippen LogP contribution in [0.5, 0.6) is 5.75 Å². The number of amides is 1. The minimum absolute atomic E-state index is 0.195. The molecule has 0 spiro atoms. The summed E-state index contributed by atoms with van der Waals surface area (Å²) in [4.78, 5) is 12.7. The molecular formula is C28H24BrN3O3. The average Bonchev–Trinajstić information content (AvgIpc) is 3.40. The van der Waals surface area contributed by atoms with Gasteiger partial charge in [-0.1, -0.05) is 46.3 Å². The number of carbonyl (C=O) groups excluding carboxylic acids is 1. The fraction of sp³-hybridized carbons (Fsp3) is 0.143. The maximum atomic E-state index is 12.7. The first-order chi connectivity index (χ1) is 17.0. The lowest BCUT2D eigenvalue weighted by atomic mass is 10.1. The Hall–Kier alpha value is -3.84. The molecule has 0 aliphatic rings. The first-order valence-electron chi connectivity index (χ1n) is 11.4. The molecule has 1 amide bonds. The number of furan rings is 1. The van der Waals surface area contributed by atoms with Crippen LogP contribution in [0.2, 0.25) is 0 Å². The van der Waals surface area contributed by atoms with Crippen molar-refractivity contribution in [2.75, 3.05) is 6.61 Å². The van der Waals surface area contributed by atoms with Gasteiger partial charge in [0.1, 0.15) is 11.3 Å². The molecule has 0 aliphatic heterocycles. The van der Waals surface area contributed by atoms with Crippen molar-refractivity contribution in [3.05, 3.63) is 99.9 Å². The van der Waals surface area contributed by atoms with E-state index < -0.39 is 5.91 Å². The number of rotatable bonds is 7. The zero-order valence-electron chi connectivity index (χ0n) is 19.4. The maximum absolute atomic E-state index is 12.7. The maximum Gasteiger partial charge on any atom is 0.307 e. The van der Waals surface area contributed by atoms with Crippen molar-refractivity contribution in [3.8, 4) is 5.75 Å². The first kappa shape index (κ1) is 22.9. The fourth-order valence-electron chi connectivity index (χ4n) is 4.20. The molecule has 5 rings (SSSR count). The Balaban J connectivity index is 1.38. The fourth-order valence-corrected chi connectivity index (χ4v) is 4.46. The third-order valence-corrected chi connectivity index (χ3v) is 6.44. The summed E-state index contributed by atoms with van der Waals surface area (Å²) in [5, 5.41) is 6.13. The van der Waals surface area contributed by atoms with Crippen LogP contribution in [0, 0.1) is 6.92 Å². The van der Waals surface area contributed by atoms with Gasteiger partial charge in [0.05, 0.1) is 12.8 Å². The molecule has 0 unspecified atom stereocenters. The molecule has 7 heteroatoms. The van der Waals surface area contributed by atoms with E-state index in [9.17, 15) is 4.79 Å². The van der Waals surface area contributed by atoms with Crippen molar-refractivity contribution in [3.63, 3.8) is 0 Å². The summed E-state index contributed by atoms with van der Waals surface area (Å²) in [6, 6.07) is 23.7. The van der Waals surface area contributed by atoms with E-state index in [2.05, 4.69) is 62.2 Å². The van der Waals surface area contributed by atoms with E-state index in [0.717, 1.165) is 44.3 Å². The molecule has 2 aromatic heterocycles. The van der Waals surface area contributed by atoms with Crippen LogP contribution in [0.25, 0.3) is 21.9 Å². The monoisotopic (exact) mass is 529 g/mol. The highest BCUT2D eigenvalue weighted by molar-refractivity contribution is 9.10. The number of benzene rings is 3. The van der Waals surface area contributed by atoms with Gasteiger partial charge in [-0.25, -0.2) is 5.43 Å². The number of nitrogens with zero attached hydrogens (tertiary/aromatic N) is 2. The number of hydrazone groups is 1. The summed E-state index contributed by atoms with van der Waals surface area (Å²) in [5.41, 5.74) is 7.56. The lowest BCUT2D eigenvalue weighted by Gasteiger charge is -2.09. The second-order valence-electron chi connectivity index (χ2n) is 8.17. The van der Waals surface area contributed by atoms with Crippen LogP contribution in [0.1, 0.15) is 34.3 Å². The molecule has 0 atom stereocenters. The molecular weight excluding hydrogens is 506 g/mol. The Morgan fingerprint density at radius 3 is 2.71 bits per heavy atom. The Morgan fingerprint density at radius 1 is 1.11 bits per heavy atom. The van der Waals surface area contributed by atoms with Gasteiger partial charge in [-0.15, -0.1) is 0 Å². The summed E-state index contributed by atoms with van der Waals surface area (Å²) in [6.07, 6.45) is 1.70. The van der Waals surface area contributed by atoms with Gasteiger partial charge in [-0.2, -0.15) is 5.10 Å². The van der Waals surface area contributed by atoms with Gasteiger partial charge in [-0.05, 0) is 61.9 Å². The van der Waals surface area contributed by atoms with Crippen LogP contribution in [0.15, 0.2) is 86.8 Å². The van der Waals surface area contributed by atoms with Gasteiger partial charge in [0.25, 0.3) is 0 Å². The quantitative estimate of drug-likeness (QED) is 0.189. The lowest BCUT2D eigenvalue weighted by Crippen LogP contribution is -2.16. The van der Waals surface area contributed by atoms with Crippen LogP contribution in [0.4, 0.5) is 0 Å². The number of aromatic nitrogens is 1. The number of fused-ring (bicyclic) bond motifs is 2. The highest BCUT2D eigenvalue weighted by Crippen LogP contribution is 2.27. The van der Waals surface area contributed by atoms with Crippen LogP contribution < -0.4 is 10.2 Å². The van der Waals surface area contributed by atoms with Gasteiger partial charge in [0, 0.05) is 38.6 Å². The average molecular weight is 530 g/mol. The molecule has 0 fully saturated rings. The second kappa shape index (κ2) is 9.80. The molecule has 3 aromatic carbocycles. The predicted octanol–water partition coefficient (Wildman–Crippen LogP) is 6.67. The summed E-state index contributed by atoms with van der Waals surface area (Å²) in [7, 11) is 0. The van der Waals surface area contributed by atoms with Gasteiger partial charge >= 0.3 is 5.91 Å². The van der Waals surface area contributed by atoms with Crippen LogP contribution >= 0.6 is 15.9 Å². The van der Waals surface area contributed by atoms with E-state index in [1.165, 1.54) is 5.56 Å². The van der Waals surface area contributed by atoms with Crippen molar-refractivity contribution in [2.45, 2.75) is 20.4 Å². The molecule has 0 bridgehead atoms. The topological polar surface area (TPSA) is 68.8 Å². The Morgan fingerprint density at radius 2 is 1.91 bits per heavy atom. The number of para-hydroxylation sites is 1. The van der Waals surface area contributed by atoms with E-state index in [1.807, 2.05) is 43.3 Å². The molecule has 0 aliphatic carbocycles. The van der Waals surface area contributed by atoms with Gasteiger partial charge < -0.3 is 13.7 Å². The predicted molar refractivity (Wildman–Crippen MR) is 142 cm³/mol. The van der Waals surface area contributed by atoms with Crippen molar-refractivity contribution in [2.24, 2.45) is 5.10 Å². The number of halogens is 1. The molecule has 2 heterocycles. The molecule has 1 N–H and O–H groups in total. The lowest BCUT2D eigenvalue weighted by molar-refractivity contribution is 0.0929. The van der Waals surface area contributed by atoms with E-state index in [1.54, 1.807) is 18.3 Å². The molecule has 6 nitrogen and oxygen atoms in total. The Bertz CT molecular complexity index is 1550. The second-order valence-corrected chi connectivity index (χ2v) is 9.09. The van der Waals surface area contributed by atoms with Crippen molar-refractivity contribution < 1.29 is 13.9 Å². The third kappa shape index (κ3) is 4.72. The number of nitrogens with one attached hydrogen (secondary N) is 1. The van der Waals surface area contributed by atoms with Crippen LogP contribution in [-0.2, 0) is 6.54 Å². The van der Waals surface area contributed by atoms with Crippen LogP contribution in [0.3, 0.4) is 0 Å². The summed E-state index contributed by atoms with van der Waals surface area (Å²) in [6.45, 7) is 5.31. The molecule has 0 saturated carbocycles. The van der Waals surface area contributed by atoms with Gasteiger partial charge in [0.2, 0.25) is 0 Å². The normalized spacial score (nSPS) is 11.5. The largest absolute Gasteiger partial charge is 0.494 e. The zero-order valence-corrected chi connectivity index (χ0v) is 21.0. The third-order valence-electron chi connectivity index (χ3n) is 5.92. The Labute approximate surface area is 211 Å². The zero-order chi connectivity index (χ0) is 24.4. The minimum atomic E-state index is -0.410. The minimum Gasteiger partial charge on any atom is -0.494 e. The smallest absolute Gasteiger partial charge is 0.307 e. The van der Waals surface area contributed by atoms with Crippen molar-refractivity contribution in [1.29, 1.82) is 0 Å². The molecule has 35 heavy (non-hydrogen) atoms. The molecule has 5 aromatic rings. The van der Waals surface area contributed by atoms with E-state index in [-0.39, 0.29) is 5.76 Å².